The lowest BCUT2D eigenvalue weighted by Gasteiger charge is -2.40. The normalized spacial score (nSPS) is 13.8. The maximum atomic E-state index is 14.3. The second-order valence-corrected chi connectivity index (χ2v) is 20.5. The Balaban J connectivity index is 1.60. The summed E-state index contributed by atoms with van der Waals surface area (Å²) in [5.41, 5.74) is 0.218. The minimum atomic E-state index is -4.37. The van der Waals surface area contributed by atoms with Crippen LogP contribution >= 0.6 is 15.8 Å². The van der Waals surface area contributed by atoms with E-state index in [1.165, 1.54) is 0 Å². The first kappa shape index (κ1) is 32.4. The van der Waals surface area contributed by atoms with Gasteiger partial charge in [0.05, 0.1) is 0 Å². The summed E-state index contributed by atoms with van der Waals surface area (Å²) in [6.07, 6.45) is 2.03. The molecule has 0 atom stereocenters. The lowest BCUT2D eigenvalue weighted by atomic mass is 9.99. The smallest absolute Gasteiger partial charge is 0.229 e. The van der Waals surface area contributed by atoms with Gasteiger partial charge in [0, 0.05) is 34.2 Å². The molecule has 6 aromatic rings. The molecule has 0 saturated carbocycles. The van der Waals surface area contributed by atoms with E-state index in [9.17, 15) is 16.8 Å². The number of fused-ring (bicyclic) bond motifs is 2. The van der Waals surface area contributed by atoms with Crippen molar-refractivity contribution in [2.24, 2.45) is 0 Å². The predicted molar refractivity (Wildman–Crippen MR) is 201 cm³/mol. The molecule has 0 radical (unpaired) electrons. The second-order valence-electron chi connectivity index (χ2n) is 11.6. The van der Waals surface area contributed by atoms with Gasteiger partial charge >= 0.3 is 0 Å². The Kier molecular flexibility index (Phi) is 8.60. The van der Waals surface area contributed by atoms with Crippen LogP contribution in [0.15, 0.2) is 158 Å². The summed E-state index contributed by atoms with van der Waals surface area (Å²) >= 11 is 0. The van der Waals surface area contributed by atoms with Gasteiger partial charge in [-0.1, -0.05) is 158 Å². The summed E-state index contributed by atoms with van der Waals surface area (Å²) in [6, 6.07) is 50.5. The van der Waals surface area contributed by atoms with Crippen LogP contribution in [0.1, 0.15) is 11.1 Å². The highest BCUT2D eigenvalue weighted by molar-refractivity contribution is 8.09. The third-order valence-electron chi connectivity index (χ3n) is 8.49. The molecule has 0 N–H and O–H groups in total. The van der Waals surface area contributed by atoms with Crippen molar-refractivity contribution in [2.75, 3.05) is 12.5 Å². The van der Waals surface area contributed by atoms with Gasteiger partial charge in [0.1, 0.15) is 11.5 Å². The second kappa shape index (κ2) is 12.7. The summed E-state index contributed by atoms with van der Waals surface area (Å²) in [5, 5.41) is 5.57. The molecule has 0 spiro atoms. The van der Waals surface area contributed by atoms with Crippen LogP contribution in [-0.4, -0.2) is 29.3 Å². The van der Waals surface area contributed by atoms with E-state index < -0.39 is 39.6 Å². The highest BCUT2D eigenvalue weighted by Crippen LogP contribution is 2.56. The van der Waals surface area contributed by atoms with E-state index in [1.807, 2.05) is 133 Å². The number of ether oxygens (including phenoxy) is 1. The van der Waals surface area contributed by atoms with E-state index in [2.05, 4.69) is 0 Å². The van der Waals surface area contributed by atoms with Gasteiger partial charge in [0.15, 0.2) is 19.7 Å². The Labute approximate surface area is 284 Å². The zero-order valence-electron chi connectivity index (χ0n) is 26.3. The van der Waals surface area contributed by atoms with Crippen molar-refractivity contribution in [2.45, 2.75) is 4.08 Å². The molecule has 0 bridgehead atoms. The highest BCUT2D eigenvalue weighted by atomic mass is 32.3. The van der Waals surface area contributed by atoms with Crippen LogP contribution in [0.3, 0.4) is 0 Å². The molecule has 6 aromatic carbocycles. The van der Waals surface area contributed by atoms with E-state index in [0.717, 1.165) is 44.3 Å². The van der Waals surface area contributed by atoms with Crippen LogP contribution in [0.5, 0.6) is 11.5 Å². The SMILES string of the molecule is CS(=O)(=O)C1(S(C)(=O)=O)c2cccc(P(c3ccccc3)c3ccccc3)c2Oc2c(P(c3ccccc3)c3ccccc3)cccc21. The predicted octanol–water partition coefficient (Wildman–Crippen LogP) is 5.60. The van der Waals surface area contributed by atoms with Gasteiger partial charge < -0.3 is 4.74 Å². The fourth-order valence-electron chi connectivity index (χ4n) is 6.62. The largest absolute Gasteiger partial charge is 0.455 e. The van der Waals surface area contributed by atoms with E-state index in [-0.39, 0.29) is 22.6 Å². The van der Waals surface area contributed by atoms with Gasteiger partial charge in [-0.2, -0.15) is 0 Å². The molecule has 1 heterocycles. The fraction of sp³-hybridized carbons (Fsp3) is 0.0769. The van der Waals surface area contributed by atoms with Crippen LogP contribution in [0, 0.1) is 0 Å². The van der Waals surface area contributed by atoms with Crippen LogP contribution in [0.4, 0.5) is 0 Å². The Bertz CT molecular complexity index is 2070. The van der Waals surface area contributed by atoms with Crippen molar-refractivity contribution < 1.29 is 21.6 Å². The average Bonchev–Trinajstić information content (AvgIpc) is 3.09. The van der Waals surface area contributed by atoms with Crippen molar-refractivity contribution in [1.29, 1.82) is 0 Å². The summed E-state index contributed by atoms with van der Waals surface area (Å²) in [6.45, 7) is 0. The summed E-state index contributed by atoms with van der Waals surface area (Å²) in [5.74, 6) is 0.534. The first-order chi connectivity index (χ1) is 23.1. The number of hydrogen-bond donors (Lipinski definition) is 0. The molecule has 0 saturated heterocycles. The summed E-state index contributed by atoms with van der Waals surface area (Å²) < 4.78 is 61.8. The molecule has 0 fully saturated rings. The van der Waals surface area contributed by atoms with Crippen LogP contribution in [0.25, 0.3) is 0 Å². The van der Waals surface area contributed by atoms with Crippen molar-refractivity contribution in [1.82, 2.24) is 0 Å². The minimum Gasteiger partial charge on any atom is -0.455 e. The molecule has 240 valence electrons. The fourth-order valence-corrected chi connectivity index (χ4v) is 15.9. The molecule has 1 aliphatic heterocycles. The van der Waals surface area contributed by atoms with Crippen molar-refractivity contribution in [3.05, 3.63) is 169 Å². The first-order valence-corrected chi connectivity index (χ1v) is 21.7. The molecular formula is C39H32O5P2S2. The number of benzene rings is 6. The third-order valence-corrected chi connectivity index (χ3v) is 18.2. The average molecular weight is 707 g/mol. The van der Waals surface area contributed by atoms with Crippen molar-refractivity contribution in [3.8, 4) is 11.5 Å². The van der Waals surface area contributed by atoms with Crippen LogP contribution < -0.4 is 36.6 Å². The topological polar surface area (TPSA) is 77.5 Å². The van der Waals surface area contributed by atoms with E-state index in [1.54, 1.807) is 24.3 Å². The highest BCUT2D eigenvalue weighted by Gasteiger charge is 2.59. The molecule has 0 unspecified atom stereocenters. The summed E-state index contributed by atoms with van der Waals surface area (Å²) in [4.78, 5) is 0. The Morgan fingerprint density at radius 1 is 0.417 bits per heavy atom. The lowest BCUT2D eigenvalue weighted by molar-refractivity contribution is 0.453. The van der Waals surface area contributed by atoms with E-state index >= 15 is 0 Å². The monoisotopic (exact) mass is 706 g/mol. The van der Waals surface area contributed by atoms with Gasteiger partial charge in [-0.25, -0.2) is 16.8 Å². The molecular weight excluding hydrogens is 675 g/mol. The number of rotatable bonds is 8. The number of hydrogen-bond acceptors (Lipinski definition) is 5. The van der Waals surface area contributed by atoms with Gasteiger partial charge in [-0.15, -0.1) is 0 Å². The maximum Gasteiger partial charge on any atom is 0.229 e. The number of para-hydroxylation sites is 2. The third kappa shape index (κ3) is 5.40. The standard InChI is InChI=1S/C39H32O5P2S2/c1-47(40,41)39(48(2,42)43)33-25-15-27-35(45(29-17-7-3-8-18-29)30-19-9-4-10-20-30)37(33)44-38-34(39)26-16-28-36(38)46(31-21-11-5-12-22-31)32-23-13-6-14-24-32/h3-28H,1-2H3. The summed E-state index contributed by atoms with van der Waals surface area (Å²) in [7, 11) is -11.3. The molecule has 0 amide bonds. The van der Waals surface area contributed by atoms with Crippen LogP contribution in [-0.2, 0) is 23.8 Å². The van der Waals surface area contributed by atoms with E-state index in [0.29, 0.717) is 0 Å². The molecule has 1 aliphatic rings. The van der Waals surface area contributed by atoms with Crippen molar-refractivity contribution >= 4 is 67.3 Å². The first-order valence-electron chi connectivity index (χ1n) is 15.3. The number of sulfone groups is 2. The van der Waals surface area contributed by atoms with Gasteiger partial charge in [0.2, 0.25) is 4.08 Å². The molecule has 0 aromatic heterocycles. The Hall–Kier alpha value is -4.12. The molecule has 9 heteroatoms. The molecule has 0 aliphatic carbocycles. The quantitative estimate of drug-likeness (QED) is 0.193. The van der Waals surface area contributed by atoms with Gasteiger partial charge in [-0.3, -0.25) is 0 Å². The van der Waals surface area contributed by atoms with Crippen LogP contribution in [0.2, 0.25) is 0 Å². The van der Waals surface area contributed by atoms with Crippen molar-refractivity contribution in [3.63, 3.8) is 0 Å². The molecule has 48 heavy (non-hydrogen) atoms. The minimum absolute atomic E-state index is 0.109. The Morgan fingerprint density at radius 3 is 0.979 bits per heavy atom. The van der Waals surface area contributed by atoms with Gasteiger partial charge in [-0.05, 0) is 37.1 Å². The molecule has 7 rings (SSSR count). The zero-order chi connectivity index (χ0) is 33.5. The zero-order valence-corrected chi connectivity index (χ0v) is 29.7. The molecule has 5 nitrogen and oxygen atoms in total. The maximum absolute atomic E-state index is 14.3. The Morgan fingerprint density at radius 2 is 0.708 bits per heavy atom. The van der Waals surface area contributed by atoms with Gasteiger partial charge in [0.25, 0.3) is 0 Å². The van der Waals surface area contributed by atoms with E-state index in [4.69, 9.17) is 4.74 Å². The lowest BCUT2D eigenvalue weighted by Crippen LogP contribution is -2.47.